The van der Waals surface area contributed by atoms with Crippen LogP contribution in [0, 0.1) is 29.1 Å². The fraction of sp³-hybridized carbons (Fsp3) is 0.682. The number of allylic oxidation sites excluding steroid dienone is 1. The second-order valence-electron chi connectivity index (χ2n) is 7.60. The molecule has 0 radical (unpaired) electrons. The van der Waals surface area contributed by atoms with Crippen molar-refractivity contribution in [2.75, 3.05) is 19.7 Å². The quantitative estimate of drug-likeness (QED) is 0.492. The Morgan fingerprint density at radius 2 is 1.89 bits per heavy atom. The molecule has 0 aliphatic rings. The molecule has 0 spiro atoms. The lowest BCUT2D eigenvalue weighted by molar-refractivity contribution is 0.0203. The Hall–Kier alpha value is -1.98. The third kappa shape index (κ3) is 10.7. The highest BCUT2D eigenvalue weighted by Gasteiger charge is 2.33. The number of rotatable bonds is 8. The fourth-order valence-corrected chi connectivity index (χ4v) is 2.23. The van der Waals surface area contributed by atoms with Gasteiger partial charge >= 0.3 is 6.09 Å². The molecule has 0 aromatic rings. The minimum absolute atomic E-state index is 0.0787. The third-order valence-electron chi connectivity index (χ3n) is 3.67. The Balaban J connectivity index is 5.51. The van der Waals surface area contributed by atoms with E-state index in [4.69, 9.17) is 9.84 Å². The van der Waals surface area contributed by atoms with Crippen LogP contribution < -0.4 is 0 Å². The predicted molar refractivity (Wildman–Crippen MR) is 108 cm³/mol. The molecule has 1 unspecified atom stereocenters. The van der Waals surface area contributed by atoms with E-state index in [0.717, 1.165) is 12.8 Å². The zero-order valence-corrected chi connectivity index (χ0v) is 17.6. The summed E-state index contributed by atoms with van der Waals surface area (Å²) in [5.74, 6) is 10.7. The van der Waals surface area contributed by atoms with E-state index in [9.17, 15) is 9.18 Å². The largest absolute Gasteiger partial charge is 0.444 e. The number of aliphatic hydroxyl groups excluding tert-OH is 1. The first-order valence-electron chi connectivity index (χ1n) is 9.50. The maximum absolute atomic E-state index is 14.6. The smallest absolute Gasteiger partial charge is 0.410 e. The van der Waals surface area contributed by atoms with Gasteiger partial charge in [0.1, 0.15) is 11.4 Å². The number of carbonyl (C=O) groups excluding carboxylic acids is 1. The van der Waals surface area contributed by atoms with E-state index < -0.39 is 22.9 Å². The summed E-state index contributed by atoms with van der Waals surface area (Å²) in [5.41, 5.74) is -1.79. The predicted octanol–water partition coefficient (Wildman–Crippen LogP) is 4.68. The van der Waals surface area contributed by atoms with Crippen LogP contribution in [0.25, 0.3) is 0 Å². The lowest BCUT2D eigenvalue weighted by Gasteiger charge is -2.32. The van der Waals surface area contributed by atoms with Crippen molar-refractivity contribution >= 4 is 6.09 Å². The summed E-state index contributed by atoms with van der Waals surface area (Å²) < 4.78 is 20.1. The molecule has 1 amide bonds. The topological polar surface area (TPSA) is 49.8 Å². The summed E-state index contributed by atoms with van der Waals surface area (Å²) in [7, 11) is 0. The van der Waals surface area contributed by atoms with Crippen LogP contribution in [0.4, 0.5) is 9.18 Å². The highest BCUT2D eigenvalue weighted by atomic mass is 19.1. The van der Waals surface area contributed by atoms with Gasteiger partial charge in [-0.15, -0.1) is 0 Å². The van der Waals surface area contributed by atoms with Crippen molar-refractivity contribution in [3.05, 3.63) is 11.9 Å². The Bertz CT molecular complexity index is 613. The lowest BCUT2D eigenvalue weighted by atomic mass is 9.88. The summed E-state index contributed by atoms with van der Waals surface area (Å²) in [4.78, 5) is 14.1. The molecule has 0 bridgehead atoms. The Morgan fingerprint density at radius 3 is 2.41 bits per heavy atom. The van der Waals surface area contributed by atoms with Gasteiger partial charge in [0.2, 0.25) is 0 Å². The van der Waals surface area contributed by atoms with E-state index in [1.165, 1.54) is 11.0 Å². The molecule has 0 saturated carbocycles. The molecule has 0 aliphatic carbocycles. The number of amides is 1. The molecule has 1 N–H and O–H groups in total. The van der Waals surface area contributed by atoms with Gasteiger partial charge < -0.3 is 14.7 Å². The van der Waals surface area contributed by atoms with Gasteiger partial charge in [-0.1, -0.05) is 31.3 Å². The minimum Gasteiger partial charge on any atom is -0.444 e. The van der Waals surface area contributed by atoms with Crippen molar-refractivity contribution in [2.24, 2.45) is 5.41 Å². The number of hydrogen-bond donors (Lipinski definition) is 1. The van der Waals surface area contributed by atoms with Gasteiger partial charge in [-0.05, 0) is 59.3 Å². The molecule has 0 aliphatic heterocycles. The van der Waals surface area contributed by atoms with Gasteiger partial charge in [0, 0.05) is 26.1 Å². The van der Waals surface area contributed by atoms with E-state index in [-0.39, 0.29) is 13.2 Å². The number of nitrogens with zero attached hydrogens (tertiary/aromatic N) is 1. The summed E-state index contributed by atoms with van der Waals surface area (Å²) in [6.45, 7) is 11.3. The normalized spacial score (nSPS) is 13.6. The summed E-state index contributed by atoms with van der Waals surface area (Å²) in [6, 6.07) is 0. The van der Waals surface area contributed by atoms with Gasteiger partial charge in [0.15, 0.2) is 0 Å². The molecule has 27 heavy (non-hydrogen) atoms. The molecule has 0 rings (SSSR count). The molecule has 5 heteroatoms. The lowest BCUT2D eigenvalue weighted by Crippen LogP contribution is -2.43. The summed E-state index contributed by atoms with van der Waals surface area (Å²) in [5, 5.41) is 8.75. The molecule has 0 aromatic carbocycles. The molecule has 152 valence electrons. The zero-order chi connectivity index (χ0) is 20.9. The van der Waals surface area contributed by atoms with Gasteiger partial charge in [0.25, 0.3) is 0 Å². The highest BCUT2D eigenvalue weighted by molar-refractivity contribution is 5.68. The Labute approximate surface area is 164 Å². The number of unbranched alkanes of at least 4 members (excludes halogenated alkanes) is 2. The summed E-state index contributed by atoms with van der Waals surface area (Å²) in [6.07, 6.45) is 3.71. The van der Waals surface area contributed by atoms with E-state index in [1.807, 2.05) is 6.92 Å². The first-order chi connectivity index (χ1) is 12.6. The molecular weight excluding hydrogens is 345 g/mol. The van der Waals surface area contributed by atoms with E-state index >= 15 is 0 Å². The van der Waals surface area contributed by atoms with Crippen molar-refractivity contribution in [1.29, 1.82) is 0 Å². The number of ether oxygens (including phenoxy) is 1. The van der Waals surface area contributed by atoms with Gasteiger partial charge in [0.05, 0.1) is 5.41 Å². The summed E-state index contributed by atoms with van der Waals surface area (Å²) >= 11 is 0. The molecule has 0 aromatic heterocycles. The van der Waals surface area contributed by atoms with Crippen molar-refractivity contribution in [3.63, 3.8) is 0 Å². The SMILES string of the molecule is C/C=C(/F)C(C)(C#CC#CCCCO)CN(CCCC)C(=O)OC(C)(C)C. The monoisotopic (exact) mass is 379 g/mol. The van der Waals surface area contributed by atoms with Gasteiger partial charge in [-0.2, -0.15) is 0 Å². The Kier molecular flexibility index (Phi) is 11.5. The van der Waals surface area contributed by atoms with Crippen molar-refractivity contribution in [3.8, 4) is 23.7 Å². The van der Waals surface area contributed by atoms with E-state index in [1.54, 1.807) is 34.6 Å². The van der Waals surface area contributed by atoms with Crippen LogP contribution in [-0.4, -0.2) is 41.4 Å². The van der Waals surface area contributed by atoms with Crippen LogP contribution in [0.2, 0.25) is 0 Å². The number of halogens is 1. The first-order valence-corrected chi connectivity index (χ1v) is 9.50. The van der Waals surface area contributed by atoms with Crippen LogP contribution in [0.3, 0.4) is 0 Å². The van der Waals surface area contributed by atoms with Crippen LogP contribution in [0.1, 0.15) is 67.2 Å². The third-order valence-corrected chi connectivity index (χ3v) is 3.67. The Morgan fingerprint density at radius 1 is 1.22 bits per heavy atom. The van der Waals surface area contributed by atoms with Crippen molar-refractivity contribution in [1.82, 2.24) is 4.90 Å². The van der Waals surface area contributed by atoms with Crippen molar-refractivity contribution in [2.45, 2.75) is 72.8 Å². The number of hydrogen-bond acceptors (Lipinski definition) is 3. The van der Waals surface area contributed by atoms with Crippen molar-refractivity contribution < 1.29 is 19.0 Å². The average Bonchev–Trinajstić information content (AvgIpc) is 2.59. The second-order valence-corrected chi connectivity index (χ2v) is 7.60. The van der Waals surface area contributed by atoms with Gasteiger partial charge in [-0.25, -0.2) is 9.18 Å². The van der Waals surface area contributed by atoms with Crippen LogP contribution in [0.15, 0.2) is 11.9 Å². The highest BCUT2D eigenvalue weighted by Crippen LogP contribution is 2.29. The zero-order valence-electron chi connectivity index (χ0n) is 17.6. The van der Waals surface area contributed by atoms with E-state index in [0.29, 0.717) is 19.4 Å². The standard InChI is InChI=1S/C22H34FNO3/c1-7-9-16-24(20(26)27-21(3,4)5)18-22(6,19(23)8-2)15-13-11-10-12-14-17-25/h8,25H,7,9,12,14,16-18H2,1-6H3/b19-8+. The van der Waals surface area contributed by atoms with Crippen LogP contribution >= 0.6 is 0 Å². The molecule has 1 atom stereocenters. The molecule has 0 saturated heterocycles. The van der Waals surface area contributed by atoms with Crippen LogP contribution in [0.5, 0.6) is 0 Å². The maximum Gasteiger partial charge on any atom is 0.410 e. The number of aliphatic hydroxyl groups is 1. The fourth-order valence-electron chi connectivity index (χ4n) is 2.23. The molecule has 0 heterocycles. The maximum atomic E-state index is 14.6. The molecule has 0 fully saturated rings. The second kappa shape index (κ2) is 12.4. The van der Waals surface area contributed by atoms with E-state index in [2.05, 4.69) is 23.7 Å². The van der Waals surface area contributed by atoms with Gasteiger partial charge in [-0.3, -0.25) is 0 Å². The average molecular weight is 380 g/mol. The molecule has 4 nitrogen and oxygen atoms in total. The minimum atomic E-state index is -1.16. The first kappa shape index (κ1) is 25.0. The molecular formula is C22H34FNO3. The van der Waals surface area contributed by atoms with Crippen LogP contribution in [-0.2, 0) is 4.74 Å². The number of carbonyl (C=O) groups is 1.